The maximum Gasteiger partial charge on any atom is 0.264 e. The van der Waals surface area contributed by atoms with Crippen LogP contribution in [0.5, 0.6) is 5.75 Å². The molecule has 0 radical (unpaired) electrons. The number of unbranched alkanes of at least 4 members (excludes halogenated alkanes) is 1. The molecule has 0 unspecified atom stereocenters. The van der Waals surface area contributed by atoms with Crippen molar-refractivity contribution in [3.63, 3.8) is 0 Å². The average molecular weight is 600 g/mol. The lowest BCUT2D eigenvalue weighted by molar-refractivity contribution is -0.140. The minimum Gasteiger partial charge on any atom is -0.494 e. The van der Waals surface area contributed by atoms with Gasteiger partial charge < -0.3 is 15.0 Å². The van der Waals surface area contributed by atoms with Gasteiger partial charge in [0, 0.05) is 18.1 Å². The first-order chi connectivity index (χ1) is 19.7. The second-order valence-electron chi connectivity index (χ2n) is 9.47. The third-order valence-electron chi connectivity index (χ3n) is 6.53. The molecule has 0 saturated carbocycles. The number of carbonyl (C=O) groups is 2. The van der Waals surface area contributed by atoms with Crippen LogP contribution in [0.15, 0.2) is 83.8 Å². The maximum absolute atomic E-state index is 14.1. The molecule has 3 aromatic rings. The van der Waals surface area contributed by atoms with Crippen LogP contribution in [0.4, 0.5) is 5.69 Å². The zero-order valence-corrected chi connectivity index (χ0v) is 25.3. The molecule has 0 aliphatic heterocycles. The van der Waals surface area contributed by atoms with Gasteiger partial charge in [0.25, 0.3) is 10.0 Å². The van der Waals surface area contributed by atoms with E-state index in [2.05, 4.69) is 5.32 Å². The Morgan fingerprint density at radius 3 is 2.17 bits per heavy atom. The number of amides is 2. The van der Waals surface area contributed by atoms with Crippen molar-refractivity contribution in [3.05, 3.63) is 89.4 Å². The number of carbonyl (C=O) groups excluding carboxylic acids is 2. The highest BCUT2D eigenvalue weighted by Gasteiger charge is 2.33. The third kappa shape index (κ3) is 8.71. The van der Waals surface area contributed by atoms with Crippen molar-refractivity contribution in [1.82, 2.24) is 10.2 Å². The Balaban J connectivity index is 2.02. The summed E-state index contributed by atoms with van der Waals surface area (Å²) in [5.74, 6) is -0.202. The highest BCUT2D eigenvalue weighted by Crippen LogP contribution is 2.27. The SMILES string of the molecule is CCCCNC(=O)[C@H](CC)N(Cc1ccc(Cl)cc1)C(=O)CN(c1ccc(OCC)cc1)S(=O)(=O)c1ccccc1. The minimum atomic E-state index is -4.13. The van der Waals surface area contributed by atoms with Crippen molar-refractivity contribution in [3.8, 4) is 5.75 Å². The molecule has 0 aromatic heterocycles. The van der Waals surface area contributed by atoms with E-state index in [1.54, 1.807) is 66.7 Å². The lowest BCUT2D eigenvalue weighted by atomic mass is 10.1. The Morgan fingerprint density at radius 1 is 0.927 bits per heavy atom. The van der Waals surface area contributed by atoms with E-state index in [0.29, 0.717) is 36.0 Å². The molecule has 0 spiro atoms. The van der Waals surface area contributed by atoms with Crippen LogP contribution in [0.2, 0.25) is 5.02 Å². The molecule has 0 fully saturated rings. The van der Waals surface area contributed by atoms with Gasteiger partial charge in [-0.05, 0) is 73.9 Å². The molecule has 8 nitrogen and oxygen atoms in total. The highest BCUT2D eigenvalue weighted by molar-refractivity contribution is 7.92. The second-order valence-corrected chi connectivity index (χ2v) is 11.8. The molecule has 2 amide bonds. The first-order valence-corrected chi connectivity index (χ1v) is 15.6. The van der Waals surface area contributed by atoms with E-state index in [1.165, 1.54) is 17.0 Å². The summed E-state index contributed by atoms with van der Waals surface area (Å²) in [4.78, 5) is 28.8. The van der Waals surface area contributed by atoms with E-state index in [4.69, 9.17) is 16.3 Å². The fourth-order valence-corrected chi connectivity index (χ4v) is 5.90. The van der Waals surface area contributed by atoms with E-state index in [9.17, 15) is 18.0 Å². The van der Waals surface area contributed by atoms with Crippen molar-refractivity contribution in [2.45, 2.75) is 57.5 Å². The van der Waals surface area contributed by atoms with Crippen molar-refractivity contribution in [2.24, 2.45) is 0 Å². The molecule has 3 rings (SSSR count). The van der Waals surface area contributed by atoms with Gasteiger partial charge in [0.1, 0.15) is 18.3 Å². The molecule has 0 saturated heterocycles. The average Bonchev–Trinajstić information content (AvgIpc) is 2.98. The number of nitrogens with one attached hydrogen (secondary N) is 1. The van der Waals surface area contributed by atoms with Gasteiger partial charge in [-0.25, -0.2) is 8.42 Å². The van der Waals surface area contributed by atoms with E-state index < -0.39 is 28.5 Å². The van der Waals surface area contributed by atoms with Crippen LogP contribution < -0.4 is 14.4 Å². The van der Waals surface area contributed by atoms with Crippen molar-refractivity contribution < 1.29 is 22.7 Å². The summed E-state index contributed by atoms with van der Waals surface area (Å²) in [5.41, 5.74) is 1.07. The predicted molar refractivity (Wildman–Crippen MR) is 163 cm³/mol. The number of rotatable bonds is 15. The molecule has 220 valence electrons. The van der Waals surface area contributed by atoms with Gasteiger partial charge >= 0.3 is 0 Å². The van der Waals surface area contributed by atoms with Crippen LogP contribution in [-0.2, 0) is 26.2 Å². The lowest BCUT2D eigenvalue weighted by Gasteiger charge is -2.33. The summed E-state index contributed by atoms with van der Waals surface area (Å²) in [6.07, 6.45) is 2.08. The topological polar surface area (TPSA) is 96.0 Å². The van der Waals surface area contributed by atoms with E-state index >= 15 is 0 Å². The number of sulfonamides is 1. The van der Waals surface area contributed by atoms with E-state index in [-0.39, 0.29) is 17.3 Å². The molecule has 1 atom stereocenters. The summed E-state index contributed by atoms with van der Waals surface area (Å²) in [7, 11) is -4.13. The molecule has 3 aromatic carbocycles. The Kier molecular flexibility index (Phi) is 12.0. The third-order valence-corrected chi connectivity index (χ3v) is 8.57. The Hall–Kier alpha value is -3.56. The second kappa shape index (κ2) is 15.4. The van der Waals surface area contributed by atoms with Crippen LogP contribution in [0.1, 0.15) is 45.6 Å². The first kappa shape index (κ1) is 32.0. The first-order valence-electron chi connectivity index (χ1n) is 13.8. The van der Waals surface area contributed by atoms with Gasteiger partial charge in [-0.2, -0.15) is 0 Å². The molecular formula is C31H38ClN3O5S. The standard InChI is InChI=1S/C31H38ClN3O5S/c1-4-7-21-33-31(37)29(5-2)34(22-24-13-15-25(32)16-14-24)30(36)23-35(26-17-19-27(20-18-26)40-6-3)41(38,39)28-11-9-8-10-12-28/h8-20,29H,4-7,21-23H2,1-3H3,(H,33,37)/t29-/m0/s1. The summed E-state index contributed by atoms with van der Waals surface area (Å²) in [6, 6.07) is 20.7. The summed E-state index contributed by atoms with van der Waals surface area (Å²) >= 11 is 6.07. The van der Waals surface area contributed by atoms with Crippen LogP contribution >= 0.6 is 11.6 Å². The Labute approximate surface area is 248 Å². The van der Waals surface area contributed by atoms with Gasteiger partial charge in [0.2, 0.25) is 11.8 Å². The van der Waals surface area contributed by atoms with Crippen molar-refractivity contribution >= 4 is 39.1 Å². The lowest BCUT2D eigenvalue weighted by Crippen LogP contribution is -2.52. The summed E-state index contributed by atoms with van der Waals surface area (Å²) < 4.78 is 34.4. The number of hydrogen-bond donors (Lipinski definition) is 1. The summed E-state index contributed by atoms with van der Waals surface area (Å²) in [5, 5.41) is 3.47. The van der Waals surface area contributed by atoms with Crippen LogP contribution in [0.3, 0.4) is 0 Å². The van der Waals surface area contributed by atoms with Crippen molar-refractivity contribution in [2.75, 3.05) is 24.0 Å². The Morgan fingerprint density at radius 2 is 1.59 bits per heavy atom. The number of hydrogen-bond acceptors (Lipinski definition) is 5. The number of benzene rings is 3. The molecular weight excluding hydrogens is 562 g/mol. The quantitative estimate of drug-likeness (QED) is 0.228. The predicted octanol–water partition coefficient (Wildman–Crippen LogP) is 5.66. The Bertz CT molecular complexity index is 1370. The van der Waals surface area contributed by atoms with Gasteiger partial charge in [-0.15, -0.1) is 0 Å². The fraction of sp³-hybridized carbons (Fsp3) is 0.355. The fourth-order valence-electron chi connectivity index (χ4n) is 4.34. The molecule has 0 heterocycles. The molecule has 0 aliphatic carbocycles. The van der Waals surface area contributed by atoms with Crippen LogP contribution in [-0.4, -0.2) is 50.9 Å². The van der Waals surface area contributed by atoms with Crippen LogP contribution in [0, 0.1) is 0 Å². The number of ether oxygens (including phenoxy) is 1. The van der Waals surface area contributed by atoms with Gasteiger partial charge in [-0.3, -0.25) is 13.9 Å². The molecule has 10 heteroatoms. The smallest absolute Gasteiger partial charge is 0.264 e. The van der Waals surface area contributed by atoms with Crippen LogP contribution in [0.25, 0.3) is 0 Å². The molecule has 0 bridgehead atoms. The molecule has 0 aliphatic rings. The largest absolute Gasteiger partial charge is 0.494 e. The zero-order chi connectivity index (χ0) is 29.8. The van der Waals surface area contributed by atoms with Gasteiger partial charge in [0.05, 0.1) is 17.2 Å². The minimum absolute atomic E-state index is 0.0512. The van der Waals surface area contributed by atoms with Gasteiger partial charge in [-0.1, -0.05) is 62.2 Å². The van der Waals surface area contributed by atoms with Crippen molar-refractivity contribution in [1.29, 1.82) is 0 Å². The number of anilines is 1. The van der Waals surface area contributed by atoms with E-state index in [0.717, 1.165) is 22.7 Å². The molecule has 1 N–H and O–H groups in total. The molecule has 41 heavy (non-hydrogen) atoms. The maximum atomic E-state index is 14.1. The monoisotopic (exact) mass is 599 g/mol. The number of nitrogens with zero attached hydrogens (tertiary/aromatic N) is 2. The van der Waals surface area contributed by atoms with E-state index in [1.807, 2.05) is 20.8 Å². The highest BCUT2D eigenvalue weighted by atomic mass is 35.5. The van der Waals surface area contributed by atoms with Gasteiger partial charge in [0.15, 0.2) is 0 Å². The zero-order valence-electron chi connectivity index (χ0n) is 23.8. The summed E-state index contributed by atoms with van der Waals surface area (Å²) in [6.45, 7) is 6.28. The normalized spacial score (nSPS) is 11.9. The number of halogens is 1.